The fourth-order valence-corrected chi connectivity index (χ4v) is 9.72. The van der Waals surface area contributed by atoms with Crippen LogP contribution in [-0.2, 0) is 19.3 Å². The summed E-state index contributed by atoms with van der Waals surface area (Å²) in [7, 11) is 3.11. The van der Waals surface area contributed by atoms with Crippen LogP contribution < -0.4 is 34.5 Å². The number of alkyl halides is 4. The zero-order valence-corrected chi connectivity index (χ0v) is 37.2. The third-order valence-corrected chi connectivity index (χ3v) is 13.0. The Bertz CT molecular complexity index is 2700. The van der Waals surface area contributed by atoms with Gasteiger partial charge in [0.2, 0.25) is 5.88 Å². The highest BCUT2D eigenvalue weighted by molar-refractivity contribution is 5.97. The number of ether oxygens (including phenoxy) is 4. The highest BCUT2D eigenvalue weighted by Crippen LogP contribution is 2.47. The highest BCUT2D eigenvalue weighted by Gasteiger charge is 2.50. The molecule has 9 rings (SSSR count). The summed E-state index contributed by atoms with van der Waals surface area (Å²) in [5, 5.41) is 0.0229. The molecule has 0 spiro atoms. The summed E-state index contributed by atoms with van der Waals surface area (Å²) < 4.78 is 102. The lowest BCUT2D eigenvalue weighted by molar-refractivity contribution is -0.137. The minimum Gasteiger partial charge on any atom is -0.497 e. The second kappa shape index (κ2) is 17.7. The smallest absolute Gasteiger partial charge is 0.418 e. The van der Waals surface area contributed by atoms with Gasteiger partial charge in [-0.1, -0.05) is 30.3 Å². The minimum absolute atomic E-state index is 0.0151. The van der Waals surface area contributed by atoms with E-state index in [1.165, 1.54) is 13.0 Å². The molecule has 4 aromatic heterocycles. The maximum atomic E-state index is 17.9. The third kappa shape index (κ3) is 8.42. The molecule has 346 valence electrons. The summed E-state index contributed by atoms with van der Waals surface area (Å²) in [6, 6.07) is 18.2. The van der Waals surface area contributed by atoms with Gasteiger partial charge >= 0.3 is 12.2 Å². The minimum atomic E-state index is -4.99. The van der Waals surface area contributed by atoms with Crippen molar-refractivity contribution in [2.75, 3.05) is 56.1 Å². The van der Waals surface area contributed by atoms with Gasteiger partial charge in [0.25, 0.3) is 0 Å². The van der Waals surface area contributed by atoms with Crippen molar-refractivity contribution >= 4 is 28.4 Å². The van der Waals surface area contributed by atoms with Gasteiger partial charge in [0.1, 0.15) is 70.6 Å². The van der Waals surface area contributed by atoms with Gasteiger partial charge in [-0.25, -0.2) is 23.7 Å². The maximum Gasteiger partial charge on any atom is 0.418 e. The number of rotatable bonds is 13. The molecule has 3 aliphatic heterocycles. The summed E-state index contributed by atoms with van der Waals surface area (Å²) in [5.74, 6) is 0.448. The molecule has 18 heteroatoms. The Labute approximate surface area is 378 Å². The summed E-state index contributed by atoms with van der Waals surface area (Å²) in [5.41, 5.74) is 4.80. The number of hydrogen-bond acceptors (Lipinski definition) is 13. The van der Waals surface area contributed by atoms with Gasteiger partial charge in [0, 0.05) is 37.8 Å². The number of methoxy groups -OCH3 is 2. The van der Waals surface area contributed by atoms with E-state index in [-0.39, 0.29) is 85.1 Å². The number of aromatic nitrogens is 5. The fraction of sp³-hybridized carbons (Fsp3) is 0.396. The van der Waals surface area contributed by atoms with Crippen molar-refractivity contribution in [3.8, 4) is 34.8 Å². The molecular formula is C48H50F5N9O4. The van der Waals surface area contributed by atoms with E-state index in [1.54, 1.807) is 55.6 Å². The number of benzene rings is 2. The van der Waals surface area contributed by atoms with E-state index in [0.717, 1.165) is 17.5 Å². The Morgan fingerprint density at radius 3 is 2.27 bits per heavy atom. The van der Waals surface area contributed by atoms with Gasteiger partial charge < -0.3 is 34.5 Å². The quantitative estimate of drug-likeness (QED) is 0.111. The van der Waals surface area contributed by atoms with E-state index in [4.69, 9.17) is 29.7 Å². The SMILES string of the molecule is COc1ccc(CN(Cc2ccc(OC)cc2)c2cc(C)c(C(F)(F)F)c(-c3nc4c5c(nc(OC[C@@]67CCCN6C[C@H](F)C7)nc5c3F)N(C(C)c3cccnc3N)[C@@H](C)CO4)n2)cc1. The number of halogens is 5. The zero-order valence-electron chi connectivity index (χ0n) is 37.2. The third-order valence-electron chi connectivity index (χ3n) is 13.0. The van der Waals surface area contributed by atoms with Crippen LogP contribution in [-0.4, -0.2) is 88.1 Å². The van der Waals surface area contributed by atoms with Gasteiger partial charge in [-0.2, -0.15) is 23.1 Å². The molecule has 0 radical (unpaired) electrons. The predicted molar refractivity (Wildman–Crippen MR) is 239 cm³/mol. The first-order valence-electron chi connectivity index (χ1n) is 21.8. The van der Waals surface area contributed by atoms with E-state index >= 15 is 17.6 Å². The first-order valence-corrected chi connectivity index (χ1v) is 21.8. The Kier molecular flexibility index (Phi) is 12.0. The van der Waals surface area contributed by atoms with Gasteiger partial charge in [0.15, 0.2) is 5.82 Å². The topological polar surface area (TPSA) is 137 Å². The average Bonchev–Trinajstić information content (AvgIpc) is 3.78. The van der Waals surface area contributed by atoms with E-state index in [2.05, 4.69) is 24.8 Å². The van der Waals surface area contributed by atoms with Crippen LogP contribution in [0.15, 0.2) is 72.9 Å². The lowest BCUT2D eigenvalue weighted by atomic mass is 9.95. The molecule has 1 unspecified atom stereocenters. The molecule has 0 amide bonds. The van der Waals surface area contributed by atoms with Gasteiger partial charge in [-0.05, 0) is 93.2 Å². The maximum absolute atomic E-state index is 17.9. The van der Waals surface area contributed by atoms with Crippen LogP contribution in [0.3, 0.4) is 0 Å². The number of nitrogen functional groups attached to an aromatic ring is 1. The number of nitrogens with zero attached hydrogens (tertiary/aromatic N) is 8. The van der Waals surface area contributed by atoms with Gasteiger partial charge in [0.05, 0.1) is 37.4 Å². The van der Waals surface area contributed by atoms with Crippen molar-refractivity contribution in [1.82, 2.24) is 29.8 Å². The Morgan fingerprint density at radius 2 is 1.64 bits per heavy atom. The zero-order chi connectivity index (χ0) is 46.5. The largest absolute Gasteiger partial charge is 0.497 e. The van der Waals surface area contributed by atoms with Crippen LogP contribution >= 0.6 is 0 Å². The second-order valence-electron chi connectivity index (χ2n) is 17.3. The van der Waals surface area contributed by atoms with Gasteiger partial charge in [-0.3, -0.25) is 4.90 Å². The van der Waals surface area contributed by atoms with E-state index in [1.807, 2.05) is 49.1 Å². The highest BCUT2D eigenvalue weighted by atomic mass is 19.4. The molecule has 7 heterocycles. The Morgan fingerprint density at radius 1 is 0.955 bits per heavy atom. The lowest BCUT2D eigenvalue weighted by Gasteiger charge is -2.35. The van der Waals surface area contributed by atoms with E-state index < -0.39 is 52.7 Å². The predicted octanol–water partition coefficient (Wildman–Crippen LogP) is 9.06. The van der Waals surface area contributed by atoms with E-state index in [0.29, 0.717) is 30.0 Å². The standard InChI is InChI=1S/C48H50F5N9O4/c1-27-20-36(60(22-30-9-13-33(63-4)14-10-30)23-31-11-15-34(64-5)16-12-31)56-41(38(27)48(51,52)53)42-39(50)40-37-44(59-46(58-40)66-26-47-17-7-19-61(47)24-32(49)21-47)62(28(2)25-65-45(37)57-42)29(3)35-8-6-18-55-43(35)54/h6,8-16,18,20,28-29,32H,7,17,19,21-26H2,1-5H3,(H2,54,55)/t28-,29?,32+,47-/m0/s1. The number of fused-ring (bicyclic) bond motifs is 1. The molecule has 2 fully saturated rings. The van der Waals surface area contributed by atoms with Crippen LogP contribution in [0.4, 0.5) is 39.4 Å². The second-order valence-corrected chi connectivity index (χ2v) is 17.3. The summed E-state index contributed by atoms with van der Waals surface area (Å²) >= 11 is 0. The van der Waals surface area contributed by atoms with Crippen LogP contribution in [0.1, 0.15) is 67.0 Å². The molecule has 4 atom stereocenters. The molecule has 3 aliphatic rings. The number of aryl methyl sites for hydroxylation is 1. The van der Waals surface area contributed by atoms with E-state index in [9.17, 15) is 4.39 Å². The molecule has 0 bridgehead atoms. The molecule has 13 nitrogen and oxygen atoms in total. The fourth-order valence-electron chi connectivity index (χ4n) is 9.72. The van der Waals surface area contributed by atoms with Crippen LogP contribution in [0, 0.1) is 12.7 Å². The Hall–Kier alpha value is -6.56. The number of nitrogens with two attached hydrogens (primary N) is 1. The van der Waals surface area contributed by atoms with Crippen molar-refractivity contribution in [1.29, 1.82) is 0 Å². The van der Waals surface area contributed by atoms with Crippen molar-refractivity contribution in [2.45, 2.75) is 83.1 Å². The summed E-state index contributed by atoms with van der Waals surface area (Å²) in [6.07, 6.45) is -2.67. The average molecular weight is 912 g/mol. The summed E-state index contributed by atoms with van der Waals surface area (Å²) in [4.78, 5) is 28.7. The number of anilines is 3. The molecule has 66 heavy (non-hydrogen) atoms. The lowest BCUT2D eigenvalue weighted by Crippen LogP contribution is -2.43. The van der Waals surface area contributed by atoms with Gasteiger partial charge in [-0.15, -0.1) is 0 Å². The number of hydrogen-bond donors (Lipinski definition) is 1. The molecule has 0 saturated carbocycles. The van der Waals surface area contributed by atoms with Crippen molar-refractivity contribution in [2.24, 2.45) is 0 Å². The molecule has 0 aliphatic carbocycles. The van der Waals surface area contributed by atoms with Crippen LogP contribution in [0.25, 0.3) is 22.3 Å². The molecule has 2 saturated heterocycles. The van der Waals surface area contributed by atoms with Crippen LogP contribution in [0.2, 0.25) is 0 Å². The molecular weight excluding hydrogens is 862 g/mol. The normalized spacial score (nSPS) is 19.9. The monoisotopic (exact) mass is 911 g/mol. The summed E-state index contributed by atoms with van der Waals surface area (Å²) in [6.45, 7) is 6.45. The molecule has 2 aromatic carbocycles. The first-order chi connectivity index (χ1) is 31.7. The number of pyridine rings is 3. The first kappa shape index (κ1) is 44.6. The van der Waals surface area contributed by atoms with Crippen molar-refractivity contribution in [3.63, 3.8) is 0 Å². The Balaban J connectivity index is 1.23. The van der Waals surface area contributed by atoms with Crippen molar-refractivity contribution in [3.05, 3.63) is 107 Å². The molecule has 2 N–H and O–H groups in total. The molecule has 6 aromatic rings. The van der Waals surface area contributed by atoms with Crippen molar-refractivity contribution < 1.29 is 40.9 Å². The van der Waals surface area contributed by atoms with Crippen LogP contribution in [0.5, 0.6) is 23.4 Å².